The quantitative estimate of drug-likeness (QED) is 0.915. The number of aliphatic carboxylic acids is 1. The van der Waals surface area contributed by atoms with E-state index in [9.17, 15) is 9.59 Å². The second-order valence-electron chi connectivity index (χ2n) is 4.45. The monoisotopic (exact) mass is 280 g/mol. The molecule has 0 radical (unpaired) electrons. The second-order valence-corrected chi connectivity index (χ2v) is 5.45. The van der Waals surface area contributed by atoms with Crippen LogP contribution in [0.15, 0.2) is 30.3 Å². The van der Waals surface area contributed by atoms with Gasteiger partial charge in [0.2, 0.25) is 0 Å². The fraction of sp³-hybridized carbons (Fsp3) is 0.385. The number of hydrogen-bond donors (Lipinski definition) is 1. The summed E-state index contributed by atoms with van der Waals surface area (Å²) in [6.45, 7) is 0.479. The Morgan fingerprint density at radius 3 is 2.74 bits per heavy atom. The van der Waals surface area contributed by atoms with Crippen molar-refractivity contribution in [2.24, 2.45) is 0 Å². The van der Waals surface area contributed by atoms with Crippen LogP contribution in [0.1, 0.15) is 5.56 Å². The van der Waals surface area contributed by atoms with Gasteiger partial charge in [0.15, 0.2) is 0 Å². The fourth-order valence-corrected chi connectivity index (χ4v) is 3.12. The number of amides is 2. The number of carbonyl (C=O) groups is 2. The van der Waals surface area contributed by atoms with Crippen LogP contribution in [0, 0.1) is 0 Å². The lowest BCUT2D eigenvalue weighted by Crippen LogP contribution is -2.47. The largest absolute Gasteiger partial charge is 0.480 e. The van der Waals surface area contributed by atoms with Crippen LogP contribution in [0.4, 0.5) is 4.79 Å². The van der Waals surface area contributed by atoms with E-state index >= 15 is 0 Å². The lowest BCUT2D eigenvalue weighted by molar-refractivity contribution is -0.140. The molecule has 2 rings (SSSR count). The minimum atomic E-state index is -0.938. The summed E-state index contributed by atoms with van der Waals surface area (Å²) in [4.78, 5) is 26.3. The molecule has 0 saturated carbocycles. The zero-order valence-electron chi connectivity index (χ0n) is 10.7. The Balaban J connectivity index is 2.01. The predicted molar refractivity (Wildman–Crippen MR) is 73.9 cm³/mol. The maximum atomic E-state index is 12.2. The molecular weight excluding hydrogens is 264 g/mol. The van der Waals surface area contributed by atoms with Crippen LogP contribution in [0.25, 0.3) is 0 Å². The van der Waals surface area contributed by atoms with E-state index in [0.717, 1.165) is 5.56 Å². The van der Waals surface area contributed by atoms with Gasteiger partial charge in [0.1, 0.15) is 6.04 Å². The molecule has 5 nitrogen and oxygen atoms in total. The highest BCUT2D eigenvalue weighted by molar-refractivity contribution is 7.99. The standard InChI is InChI=1S/C13H16N2O3S/c1-14(7-10-5-3-2-4-6-10)13(18)15-9-19-8-11(15)12(16)17/h2-6,11H,7-9H2,1H3,(H,16,17)/t11-/m0/s1. The third-order valence-electron chi connectivity index (χ3n) is 3.00. The molecule has 1 heterocycles. The van der Waals surface area contributed by atoms with Crippen molar-refractivity contribution < 1.29 is 14.7 Å². The van der Waals surface area contributed by atoms with Gasteiger partial charge in [-0.3, -0.25) is 0 Å². The molecule has 1 atom stereocenters. The normalized spacial score (nSPS) is 18.4. The van der Waals surface area contributed by atoms with Crippen molar-refractivity contribution in [1.82, 2.24) is 9.80 Å². The molecule has 1 saturated heterocycles. The Kier molecular flexibility index (Phi) is 4.31. The first-order valence-electron chi connectivity index (χ1n) is 5.96. The van der Waals surface area contributed by atoms with Crippen molar-refractivity contribution in [2.75, 3.05) is 18.7 Å². The molecule has 0 spiro atoms. The summed E-state index contributed by atoms with van der Waals surface area (Å²) in [6.07, 6.45) is 0. The Morgan fingerprint density at radius 2 is 2.11 bits per heavy atom. The molecule has 0 unspecified atom stereocenters. The number of carboxylic acids is 1. The van der Waals surface area contributed by atoms with Crippen LogP contribution in [0.5, 0.6) is 0 Å². The van der Waals surface area contributed by atoms with Crippen LogP contribution in [-0.4, -0.2) is 51.6 Å². The van der Waals surface area contributed by atoms with Gasteiger partial charge >= 0.3 is 12.0 Å². The van der Waals surface area contributed by atoms with Crippen LogP contribution >= 0.6 is 11.8 Å². The number of nitrogens with zero attached hydrogens (tertiary/aromatic N) is 2. The summed E-state index contributed by atoms with van der Waals surface area (Å²) in [5.41, 5.74) is 1.03. The van der Waals surface area contributed by atoms with E-state index in [4.69, 9.17) is 5.11 Å². The van der Waals surface area contributed by atoms with Gasteiger partial charge in [-0.15, -0.1) is 11.8 Å². The summed E-state index contributed by atoms with van der Waals surface area (Å²) < 4.78 is 0. The lowest BCUT2D eigenvalue weighted by Gasteiger charge is -2.27. The van der Waals surface area contributed by atoms with Crippen molar-refractivity contribution in [3.8, 4) is 0 Å². The van der Waals surface area contributed by atoms with Crippen molar-refractivity contribution in [3.05, 3.63) is 35.9 Å². The van der Waals surface area contributed by atoms with E-state index in [2.05, 4.69) is 0 Å². The number of carbonyl (C=O) groups excluding carboxylic acids is 1. The van der Waals surface area contributed by atoms with Crippen LogP contribution < -0.4 is 0 Å². The summed E-state index contributed by atoms with van der Waals surface area (Å²) in [6, 6.07) is 8.69. The lowest BCUT2D eigenvalue weighted by atomic mass is 10.2. The molecule has 19 heavy (non-hydrogen) atoms. The third-order valence-corrected chi connectivity index (χ3v) is 4.01. The van der Waals surface area contributed by atoms with Gasteiger partial charge in [-0.25, -0.2) is 9.59 Å². The van der Waals surface area contributed by atoms with Gasteiger partial charge in [0.25, 0.3) is 0 Å². The zero-order chi connectivity index (χ0) is 13.8. The van der Waals surface area contributed by atoms with Gasteiger partial charge < -0.3 is 14.9 Å². The first-order valence-corrected chi connectivity index (χ1v) is 7.11. The number of urea groups is 1. The minimum Gasteiger partial charge on any atom is -0.480 e. The molecular formula is C13H16N2O3S. The van der Waals surface area contributed by atoms with Gasteiger partial charge in [0.05, 0.1) is 5.88 Å². The van der Waals surface area contributed by atoms with Crippen LogP contribution in [-0.2, 0) is 11.3 Å². The van der Waals surface area contributed by atoms with Crippen LogP contribution in [0.2, 0.25) is 0 Å². The molecule has 0 aromatic heterocycles. The third kappa shape index (κ3) is 3.20. The molecule has 6 heteroatoms. The van der Waals surface area contributed by atoms with Crippen molar-refractivity contribution in [3.63, 3.8) is 0 Å². The molecule has 1 fully saturated rings. The number of rotatable bonds is 3. The molecule has 1 aliphatic heterocycles. The molecule has 0 aliphatic carbocycles. The molecule has 102 valence electrons. The van der Waals surface area contributed by atoms with Crippen molar-refractivity contribution >= 4 is 23.8 Å². The van der Waals surface area contributed by atoms with E-state index < -0.39 is 12.0 Å². The molecule has 1 aromatic carbocycles. The van der Waals surface area contributed by atoms with Gasteiger partial charge in [-0.1, -0.05) is 30.3 Å². The van der Waals surface area contributed by atoms with Crippen molar-refractivity contribution in [1.29, 1.82) is 0 Å². The maximum absolute atomic E-state index is 12.2. The Morgan fingerprint density at radius 1 is 1.42 bits per heavy atom. The second kappa shape index (κ2) is 5.97. The van der Waals surface area contributed by atoms with E-state index in [0.29, 0.717) is 18.2 Å². The first kappa shape index (κ1) is 13.7. The number of carboxylic acid groups (broad SMARTS) is 1. The van der Waals surface area contributed by atoms with Gasteiger partial charge in [-0.2, -0.15) is 0 Å². The minimum absolute atomic E-state index is 0.235. The first-order chi connectivity index (χ1) is 9.09. The topological polar surface area (TPSA) is 60.9 Å². The van der Waals surface area contributed by atoms with E-state index in [-0.39, 0.29) is 6.03 Å². The zero-order valence-corrected chi connectivity index (χ0v) is 11.5. The van der Waals surface area contributed by atoms with Gasteiger partial charge in [-0.05, 0) is 5.56 Å². The maximum Gasteiger partial charge on any atom is 0.327 e. The van der Waals surface area contributed by atoms with Gasteiger partial charge in [0, 0.05) is 19.3 Å². The van der Waals surface area contributed by atoms with E-state index in [1.165, 1.54) is 16.7 Å². The highest BCUT2D eigenvalue weighted by atomic mass is 32.2. The molecule has 0 bridgehead atoms. The van der Waals surface area contributed by atoms with Crippen LogP contribution in [0.3, 0.4) is 0 Å². The average molecular weight is 280 g/mol. The Labute approximate surface area is 116 Å². The van der Waals surface area contributed by atoms with E-state index in [1.807, 2.05) is 30.3 Å². The summed E-state index contributed by atoms with van der Waals surface area (Å²) >= 11 is 1.47. The molecule has 1 aromatic rings. The predicted octanol–water partition coefficient (Wildman–Crippen LogP) is 1.70. The fourth-order valence-electron chi connectivity index (χ4n) is 1.98. The molecule has 1 N–H and O–H groups in total. The van der Waals surface area contributed by atoms with Crippen molar-refractivity contribution in [2.45, 2.75) is 12.6 Å². The smallest absolute Gasteiger partial charge is 0.327 e. The number of hydrogen-bond acceptors (Lipinski definition) is 3. The summed E-state index contributed by atoms with van der Waals surface area (Å²) in [7, 11) is 1.69. The summed E-state index contributed by atoms with van der Waals surface area (Å²) in [5, 5.41) is 9.08. The highest BCUT2D eigenvalue weighted by Crippen LogP contribution is 2.22. The number of thioether (sulfide) groups is 1. The summed E-state index contributed by atoms with van der Waals surface area (Å²) in [5.74, 6) is -0.0405. The van der Waals surface area contributed by atoms with E-state index in [1.54, 1.807) is 11.9 Å². The Bertz CT molecular complexity index is 466. The number of benzene rings is 1. The Hall–Kier alpha value is -1.69. The highest BCUT2D eigenvalue weighted by Gasteiger charge is 2.35. The molecule has 1 aliphatic rings. The SMILES string of the molecule is CN(Cc1ccccc1)C(=O)N1CSC[C@H]1C(=O)O. The molecule has 2 amide bonds. The average Bonchev–Trinajstić information content (AvgIpc) is 2.88.